The lowest BCUT2D eigenvalue weighted by molar-refractivity contribution is -0.137. The smallest absolute Gasteiger partial charge is 0.333 e. The molecule has 0 bridgehead atoms. The van der Waals surface area contributed by atoms with E-state index in [0.29, 0.717) is 10.8 Å². The van der Waals surface area contributed by atoms with Crippen molar-refractivity contribution in [2.75, 3.05) is 11.1 Å². The normalized spacial score (nSPS) is 11.6. The van der Waals surface area contributed by atoms with Crippen molar-refractivity contribution in [3.8, 4) is 0 Å². The van der Waals surface area contributed by atoms with E-state index in [4.69, 9.17) is 0 Å². The topological polar surface area (TPSA) is 57.8 Å². The average molecular weight is 351 g/mol. The number of hydrogen-bond acceptors (Lipinski definition) is 3. The van der Waals surface area contributed by atoms with Gasteiger partial charge in [-0.1, -0.05) is 23.9 Å². The molecule has 0 aliphatic heterocycles. The second-order valence-electron chi connectivity index (χ2n) is 4.97. The van der Waals surface area contributed by atoms with Crippen LogP contribution in [-0.2, 0) is 11.0 Å². The number of imidazole rings is 1. The number of carbonyl (C=O) groups excluding carboxylic acids is 1. The van der Waals surface area contributed by atoms with Gasteiger partial charge in [0.1, 0.15) is 0 Å². The molecule has 0 radical (unpaired) electrons. The molecule has 2 aromatic carbocycles. The number of nitrogens with zero attached hydrogens (tertiary/aromatic N) is 1. The van der Waals surface area contributed by atoms with Crippen molar-refractivity contribution in [3.63, 3.8) is 0 Å². The van der Waals surface area contributed by atoms with E-state index >= 15 is 0 Å². The fraction of sp³-hybridized carbons (Fsp3) is 0.125. The number of aromatic amines is 1. The Morgan fingerprint density at radius 2 is 1.83 bits per heavy atom. The summed E-state index contributed by atoms with van der Waals surface area (Å²) in [6.45, 7) is 0. The number of nitrogens with one attached hydrogen (secondary N) is 2. The van der Waals surface area contributed by atoms with Gasteiger partial charge in [-0.05, 0) is 36.4 Å². The quantitative estimate of drug-likeness (QED) is 0.689. The van der Waals surface area contributed by atoms with E-state index in [1.54, 1.807) is 0 Å². The second kappa shape index (κ2) is 6.56. The summed E-state index contributed by atoms with van der Waals surface area (Å²) in [5.74, 6) is -0.221. The van der Waals surface area contributed by atoms with Crippen molar-refractivity contribution in [1.82, 2.24) is 9.97 Å². The Morgan fingerprint density at radius 3 is 2.50 bits per heavy atom. The SMILES string of the molecule is O=C(CSc1nc2ccccc2[nH]1)Nc1ccc(C(F)(F)F)cc1. The van der Waals surface area contributed by atoms with Crippen molar-refractivity contribution in [2.45, 2.75) is 11.3 Å². The Kier molecular flexibility index (Phi) is 4.48. The number of thioether (sulfide) groups is 1. The van der Waals surface area contributed by atoms with Crippen LogP contribution < -0.4 is 5.32 Å². The van der Waals surface area contributed by atoms with E-state index in [2.05, 4.69) is 15.3 Å². The van der Waals surface area contributed by atoms with Gasteiger partial charge >= 0.3 is 6.18 Å². The van der Waals surface area contributed by atoms with E-state index in [1.807, 2.05) is 24.3 Å². The van der Waals surface area contributed by atoms with Gasteiger partial charge in [0, 0.05) is 5.69 Å². The van der Waals surface area contributed by atoms with Crippen LogP contribution in [0.1, 0.15) is 5.56 Å². The fourth-order valence-electron chi connectivity index (χ4n) is 2.07. The lowest BCUT2D eigenvalue weighted by Crippen LogP contribution is -2.14. The van der Waals surface area contributed by atoms with Gasteiger partial charge in [0.25, 0.3) is 0 Å². The van der Waals surface area contributed by atoms with E-state index in [-0.39, 0.29) is 11.7 Å². The van der Waals surface area contributed by atoms with Gasteiger partial charge < -0.3 is 10.3 Å². The number of rotatable bonds is 4. The number of carbonyl (C=O) groups is 1. The highest BCUT2D eigenvalue weighted by atomic mass is 32.2. The number of aromatic nitrogens is 2. The molecule has 2 N–H and O–H groups in total. The van der Waals surface area contributed by atoms with E-state index in [1.165, 1.54) is 23.9 Å². The predicted octanol–water partition coefficient (Wildman–Crippen LogP) is 4.31. The average Bonchev–Trinajstić information content (AvgIpc) is 2.95. The summed E-state index contributed by atoms with van der Waals surface area (Å²) in [6, 6.07) is 11.8. The standard InChI is InChI=1S/C16H12F3N3OS/c17-16(18,19)10-5-7-11(8-6-10)20-14(23)9-24-15-21-12-3-1-2-4-13(12)22-15/h1-8H,9H2,(H,20,23)(H,21,22). The third kappa shape index (κ3) is 3.88. The molecule has 1 aromatic heterocycles. The molecule has 124 valence electrons. The Bertz CT molecular complexity index is 826. The summed E-state index contributed by atoms with van der Waals surface area (Å²) in [7, 11) is 0. The van der Waals surface area contributed by atoms with Crippen molar-refractivity contribution in [3.05, 3.63) is 54.1 Å². The Hall–Kier alpha value is -2.48. The predicted molar refractivity (Wildman–Crippen MR) is 86.9 cm³/mol. The van der Waals surface area contributed by atoms with Crippen LogP contribution in [0.3, 0.4) is 0 Å². The molecule has 0 aliphatic carbocycles. The maximum absolute atomic E-state index is 12.5. The van der Waals surface area contributed by atoms with Crippen LogP contribution in [0.4, 0.5) is 18.9 Å². The second-order valence-corrected chi connectivity index (χ2v) is 5.94. The van der Waals surface area contributed by atoms with Crippen LogP contribution in [0.15, 0.2) is 53.7 Å². The van der Waals surface area contributed by atoms with E-state index in [0.717, 1.165) is 23.2 Å². The first-order chi connectivity index (χ1) is 11.4. The summed E-state index contributed by atoms with van der Waals surface area (Å²) >= 11 is 1.22. The first-order valence-corrected chi connectivity index (χ1v) is 7.95. The molecule has 8 heteroatoms. The minimum absolute atomic E-state index is 0.0981. The van der Waals surface area contributed by atoms with Crippen LogP contribution >= 0.6 is 11.8 Å². The fourth-order valence-corrected chi connectivity index (χ4v) is 2.76. The van der Waals surface area contributed by atoms with Crippen molar-refractivity contribution in [2.24, 2.45) is 0 Å². The lowest BCUT2D eigenvalue weighted by Gasteiger charge is -2.08. The highest BCUT2D eigenvalue weighted by Gasteiger charge is 2.29. The summed E-state index contributed by atoms with van der Waals surface area (Å²) in [4.78, 5) is 19.3. The highest BCUT2D eigenvalue weighted by Crippen LogP contribution is 2.29. The Morgan fingerprint density at radius 1 is 1.12 bits per heavy atom. The highest BCUT2D eigenvalue weighted by molar-refractivity contribution is 7.99. The molecule has 0 spiro atoms. The molecule has 0 saturated carbocycles. The number of amides is 1. The zero-order chi connectivity index (χ0) is 17.2. The van der Waals surface area contributed by atoms with Crippen LogP contribution in [0, 0.1) is 0 Å². The Labute approximate surface area is 139 Å². The molecule has 3 aromatic rings. The molecular formula is C16H12F3N3OS. The van der Waals surface area contributed by atoms with E-state index in [9.17, 15) is 18.0 Å². The number of H-pyrrole nitrogens is 1. The van der Waals surface area contributed by atoms with Gasteiger partial charge in [0.15, 0.2) is 5.16 Å². The summed E-state index contributed by atoms with van der Waals surface area (Å²) in [5.41, 5.74) is 1.25. The van der Waals surface area contributed by atoms with Gasteiger partial charge in [-0.25, -0.2) is 4.98 Å². The number of alkyl halides is 3. The number of benzene rings is 2. The van der Waals surface area contributed by atoms with Gasteiger partial charge in [0.05, 0.1) is 22.3 Å². The Balaban J connectivity index is 1.57. The molecule has 0 atom stereocenters. The minimum atomic E-state index is -4.39. The largest absolute Gasteiger partial charge is 0.416 e. The van der Waals surface area contributed by atoms with Gasteiger partial charge in [-0.3, -0.25) is 4.79 Å². The number of para-hydroxylation sites is 2. The number of fused-ring (bicyclic) bond motifs is 1. The molecule has 0 fully saturated rings. The zero-order valence-corrected chi connectivity index (χ0v) is 13.0. The maximum Gasteiger partial charge on any atom is 0.416 e. The monoisotopic (exact) mass is 351 g/mol. The molecule has 0 aliphatic rings. The molecule has 4 nitrogen and oxygen atoms in total. The van der Waals surface area contributed by atoms with Crippen LogP contribution in [0.5, 0.6) is 0 Å². The molecule has 3 rings (SSSR count). The molecule has 24 heavy (non-hydrogen) atoms. The number of halogens is 3. The lowest BCUT2D eigenvalue weighted by atomic mass is 10.2. The third-order valence-corrected chi connectivity index (χ3v) is 4.08. The molecular weight excluding hydrogens is 339 g/mol. The third-order valence-electron chi connectivity index (χ3n) is 3.20. The zero-order valence-electron chi connectivity index (χ0n) is 12.2. The van der Waals surface area contributed by atoms with Gasteiger partial charge in [0.2, 0.25) is 5.91 Å². The van der Waals surface area contributed by atoms with E-state index < -0.39 is 11.7 Å². The summed E-state index contributed by atoms with van der Waals surface area (Å²) < 4.78 is 37.4. The molecule has 1 amide bonds. The van der Waals surface area contributed by atoms with Crippen LogP contribution in [0.25, 0.3) is 11.0 Å². The summed E-state index contributed by atoms with van der Waals surface area (Å²) in [5, 5.41) is 3.17. The van der Waals surface area contributed by atoms with Gasteiger partial charge in [-0.15, -0.1) is 0 Å². The first-order valence-electron chi connectivity index (χ1n) is 6.96. The van der Waals surface area contributed by atoms with Gasteiger partial charge in [-0.2, -0.15) is 13.2 Å². The minimum Gasteiger partial charge on any atom is -0.333 e. The number of anilines is 1. The number of hydrogen-bond donors (Lipinski definition) is 2. The van der Waals surface area contributed by atoms with Crippen molar-refractivity contribution >= 4 is 34.4 Å². The van der Waals surface area contributed by atoms with Crippen LogP contribution in [0.2, 0.25) is 0 Å². The maximum atomic E-state index is 12.5. The first kappa shape index (κ1) is 16.4. The molecule has 1 heterocycles. The van der Waals surface area contributed by atoms with Crippen LogP contribution in [-0.4, -0.2) is 21.6 Å². The molecule has 0 saturated heterocycles. The van der Waals surface area contributed by atoms with Crippen molar-refractivity contribution < 1.29 is 18.0 Å². The van der Waals surface area contributed by atoms with Crippen molar-refractivity contribution in [1.29, 1.82) is 0 Å². The summed E-state index contributed by atoms with van der Waals surface area (Å²) in [6.07, 6.45) is -4.39. The molecule has 0 unspecified atom stereocenters.